The second-order valence-electron chi connectivity index (χ2n) is 4.51. The molecular weight excluding hydrogens is 281 g/mol. The molecule has 1 aromatic carbocycles. The number of halogens is 3. The summed E-state index contributed by atoms with van der Waals surface area (Å²) in [5.74, 6) is -2.35. The summed E-state index contributed by atoms with van der Waals surface area (Å²) in [6.45, 7) is -0.323. The second kappa shape index (κ2) is 4.77. The normalized spacial score (nSPS) is 20.4. The van der Waals surface area contributed by atoms with E-state index in [0.29, 0.717) is 0 Å². The third-order valence-corrected chi connectivity index (χ3v) is 4.39. The number of hydrogen-bond acceptors (Lipinski definition) is 2. The van der Waals surface area contributed by atoms with Gasteiger partial charge in [0.1, 0.15) is 5.67 Å². The van der Waals surface area contributed by atoms with Crippen molar-refractivity contribution in [2.75, 3.05) is 13.1 Å². The molecule has 2 N–H and O–H groups in total. The number of nitrogens with two attached hydrogens (primary N) is 1. The Kier molecular flexibility index (Phi) is 3.59. The van der Waals surface area contributed by atoms with Crippen LogP contribution in [0.4, 0.5) is 13.2 Å². The van der Waals surface area contributed by atoms with E-state index in [1.165, 1.54) is 12.1 Å². The van der Waals surface area contributed by atoms with E-state index in [1.54, 1.807) is 0 Å². The van der Waals surface area contributed by atoms with Crippen molar-refractivity contribution < 1.29 is 21.6 Å². The minimum atomic E-state index is -3.88. The molecule has 0 unspecified atom stereocenters. The lowest BCUT2D eigenvalue weighted by Gasteiger charge is -2.35. The van der Waals surface area contributed by atoms with E-state index in [4.69, 9.17) is 5.14 Å². The molecule has 0 aliphatic carbocycles. The van der Waals surface area contributed by atoms with Gasteiger partial charge in [0.15, 0.2) is 11.6 Å². The van der Waals surface area contributed by atoms with Gasteiger partial charge in [-0.05, 0) is 18.9 Å². The molecule has 0 spiro atoms. The summed E-state index contributed by atoms with van der Waals surface area (Å²) in [6.07, 6.45) is -0.520. The average Bonchev–Trinajstić information content (AvgIpc) is 2.32. The Bertz CT molecular complexity index is 584. The van der Waals surface area contributed by atoms with Gasteiger partial charge in [-0.25, -0.2) is 18.3 Å². The van der Waals surface area contributed by atoms with Gasteiger partial charge in [-0.3, -0.25) is 0 Å². The fourth-order valence-corrected chi connectivity index (χ4v) is 2.91. The Labute approximate surface area is 109 Å². The van der Waals surface area contributed by atoms with Crippen molar-refractivity contribution in [3.8, 4) is 0 Å². The number of hydrogen-bond donors (Lipinski definition) is 1. The minimum Gasteiger partial charge on any atom is -0.238 e. The predicted octanol–water partition coefficient (Wildman–Crippen LogP) is 1.43. The van der Waals surface area contributed by atoms with Gasteiger partial charge in [0.05, 0.1) is 0 Å². The molecule has 0 saturated carbocycles. The van der Waals surface area contributed by atoms with Crippen LogP contribution in [0, 0.1) is 11.6 Å². The van der Waals surface area contributed by atoms with E-state index in [-0.39, 0.29) is 31.5 Å². The van der Waals surface area contributed by atoms with Gasteiger partial charge in [0, 0.05) is 18.7 Å². The van der Waals surface area contributed by atoms with Crippen molar-refractivity contribution in [3.05, 3.63) is 35.4 Å². The fraction of sp³-hybridized carbons (Fsp3) is 0.455. The van der Waals surface area contributed by atoms with Crippen LogP contribution in [-0.2, 0) is 15.9 Å². The van der Waals surface area contributed by atoms with Gasteiger partial charge in [-0.2, -0.15) is 12.7 Å². The monoisotopic (exact) mass is 294 g/mol. The number of rotatable bonds is 2. The third-order valence-electron chi connectivity index (χ3n) is 3.31. The molecule has 2 rings (SSSR count). The summed E-state index contributed by atoms with van der Waals surface area (Å²) in [6, 6.07) is 3.30. The first-order valence-electron chi connectivity index (χ1n) is 5.65. The van der Waals surface area contributed by atoms with E-state index in [1.807, 2.05) is 0 Å². The summed E-state index contributed by atoms with van der Waals surface area (Å²) in [4.78, 5) is 0. The average molecular weight is 294 g/mol. The Hall–Kier alpha value is -1.12. The molecule has 0 bridgehead atoms. The maximum absolute atomic E-state index is 14.6. The van der Waals surface area contributed by atoms with Gasteiger partial charge in [0.25, 0.3) is 10.2 Å². The van der Waals surface area contributed by atoms with Crippen molar-refractivity contribution in [1.29, 1.82) is 0 Å². The number of alkyl halides is 1. The Balaban J connectivity index is 2.25. The number of benzene rings is 1. The summed E-state index contributed by atoms with van der Waals surface area (Å²) < 4.78 is 64.5. The largest absolute Gasteiger partial charge is 0.276 e. The third kappa shape index (κ3) is 2.75. The molecule has 8 heteroatoms. The van der Waals surface area contributed by atoms with Crippen molar-refractivity contribution >= 4 is 10.2 Å². The van der Waals surface area contributed by atoms with E-state index in [2.05, 4.69) is 0 Å². The minimum absolute atomic E-state index is 0.161. The summed E-state index contributed by atoms with van der Waals surface area (Å²) in [5, 5.41) is 4.93. The Morgan fingerprint density at radius 1 is 1.21 bits per heavy atom. The van der Waals surface area contributed by atoms with Crippen LogP contribution >= 0.6 is 0 Å². The predicted molar refractivity (Wildman–Crippen MR) is 63.1 cm³/mol. The van der Waals surface area contributed by atoms with E-state index >= 15 is 0 Å². The Morgan fingerprint density at radius 2 is 1.79 bits per heavy atom. The lowest BCUT2D eigenvalue weighted by molar-refractivity contribution is 0.0822. The van der Waals surface area contributed by atoms with Gasteiger partial charge < -0.3 is 0 Å². The number of nitrogens with zero attached hydrogens (tertiary/aromatic N) is 1. The lowest BCUT2D eigenvalue weighted by Crippen LogP contribution is -2.46. The van der Waals surface area contributed by atoms with Crippen LogP contribution in [0.1, 0.15) is 18.4 Å². The first kappa shape index (κ1) is 14.3. The van der Waals surface area contributed by atoms with Gasteiger partial charge >= 0.3 is 0 Å². The molecule has 1 aliphatic heterocycles. The molecule has 106 valence electrons. The van der Waals surface area contributed by atoms with Crippen molar-refractivity contribution in [2.24, 2.45) is 5.14 Å². The molecule has 1 heterocycles. The van der Waals surface area contributed by atoms with Crippen LogP contribution in [0.3, 0.4) is 0 Å². The SMILES string of the molecule is NS(=O)(=O)N1CCC(F)(c2cccc(F)c2F)CC1. The van der Waals surface area contributed by atoms with Crippen molar-refractivity contribution in [1.82, 2.24) is 4.31 Å². The molecule has 0 radical (unpaired) electrons. The molecule has 0 amide bonds. The van der Waals surface area contributed by atoms with Crippen LogP contribution in [0.25, 0.3) is 0 Å². The van der Waals surface area contributed by atoms with Gasteiger partial charge in [-0.15, -0.1) is 0 Å². The highest BCUT2D eigenvalue weighted by molar-refractivity contribution is 7.86. The topological polar surface area (TPSA) is 63.4 Å². The van der Waals surface area contributed by atoms with Crippen LogP contribution in [-0.4, -0.2) is 25.8 Å². The molecule has 4 nitrogen and oxygen atoms in total. The van der Waals surface area contributed by atoms with Crippen LogP contribution in [0.2, 0.25) is 0 Å². The van der Waals surface area contributed by atoms with E-state index in [0.717, 1.165) is 10.4 Å². The van der Waals surface area contributed by atoms with Crippen LogP contribution < -0.4 is 5.14 Å². The quantitative estimate of drug-likeness (QED) is 0.897. The fourth-order valence-electron chi connectivity index (χ4n) is 2.21. The van der Waals surface area contributed by atoms with Crippen LogP contribution in [0.15, 0.2) is 18.2 Å². The molecule has 1 saturated heterocycles. The molecule has 19 heavy (non-hydrogen) atoms. The summed E-state index contributed by atoms with van der Waals surface area (Å²) >= 11 is 0. The first-order chi connectivity index (χ1) is 8.74. The molecular formula is C11H13F3N2O2S. The zero-order valence-electron chi connectivity index (χ0n) is 9.94. The highest BCUT2D eigenvalue weighted by Crippen LogP contribution is 2.39. The van der Waals surface area contributed by atoms with Gasteiger partial charge in [-0.1, -0.05) is 12.1 Å². The highest BCUT2D eigenvalue weighted by atomic mass is 32.2. The second-order valence-corrected chi connectivity index (χ2v) is 6.06. The first-order valence-corrected chi connectivity index (χ1v) is 7.16. The standard InChI is InChI=1S/C11H13F3N2O2S/c12-9-3-1-2-8(10(9)13)11(14)4-6-16(7-5-11)19(15,17)18/h1-3H,4-7H2,(H2,15,17,18). The maximum atomic E-state index is 14.6. The summed E-state index contributed by atoms with van der Waals surface area (Å²) in [5.41, 5.74) is -2.45. The van der Waals surface area contributed by atoms with Crippen molar-refractivity contribution in [3.63, 3.8) is 0 Å². The molecule has 0 aromatic heterocycles. The zero-order valence-corrected chi connectivity index (χ0v) is 10.8. The molecule has 1 aliphatic rings. The molecule has 0 atom stereocenters. The summed E-state index contributed by atoms with van der Waals surface area (Å²) in [7, 11) is -3.88. The smallest absolute Gasteiger partial charge is 0.238 e. The number of piperidine rings is 1. The van der Waals surface area contributed by atoms with Gasteiger partial charge in [0.2, 0.25) is 0 Å². The van der Waals surface area contributed by atoms with E-state index in [9.17, 15) is 21.6 Å². The van der Waals surface area contributed by atoms with Crippen molar-refractivity contribution in [2.45, 2.75) is 18.5 Å². The van der Waals surface area contributed by atoms with Crippen LogP contribution in [0.5, 0.6) is 0 Å². The highest BCUT2D eigenvalue weighted by Gasteiger charge is 2.41. The maximum Gasteiger partial charge on any atom is 0.276 e. The Morgan fingerprint density at radius 3 is 2.32 bits per heavy atom. The van der Waals surface area contributed by atoms with E-state index < -0.39 is 27.5 Å². The lowest BCUT2D eigenvalue weighted by atomic mass is 9.86. The molecule has 1 aromatic rings. The zero-order chi connectivity index (χ0) is 14.3. The molecule has 1 fully saturated rings.